The number of rotatable bonds is 5. The number of hydrogen-bond acceptors (Lipinski definition) is 6. The van der Waals surface area contributed by atoms with Crippen LogP contribution in [0.5, 0.6) is 0 Å². The lowest BCUT2D eigenvalue weighted by Gasteiger charge is -2.11. The molecule has 9 nitrogen and oxygen atoms in total. The topological polar surface area (TPSA) is 122 Å². The van der Waals surface area contributed by atoms with Gasteiger partial charge in [-0.25, -0.2) is 5.43 Å². The molecule has 0 bridgehead atoms. The summed E-state index contributed by atoms with van der Waals surface area (Å²) < 4.78 is 0. The number of hydrazone groups is 1. The van der Waals surface area contributed by atoms with Crippen molar-refractivity contribution in [1.29, 1.82) is 0 Å². The van der Waals surface area contributed by atoms with E-state index in [2.05, 4.69) is 10.5 Å². The van der Waals surface area contributed by atoms with Gasteiger partial charge in [-0.15, -0.1) is 0 Å². The molecule has 0 aliphatic carbocycles. The van der Waals surface area contributed by atoms with Gasteiger partial charge in [0.15, 0.2) is 0 Å². The molecule has 1 aliphatic rings. The number of nitro benzene ring substituents is 1. The molecule has 2 aromatic carbocycles. The third-order valence-electron chi connectivity index (χ3n) is 3.66. The summed E-state index contributed by atoms with van der Waals surface area (Å²) in [5, 5.41) is 14.4. The second-order valence-electron chi connectivity index (χ2n) is 5.39. The normalized spacial score (nSPS) is 13.2. The highest BCUT2D eigenvalue weighted by molar-refractivity contribution is 6.22. The van der Waals surface area contributed by atoms with Crippen LogP contribution in [-0.4, -0.2) is 40.3 Å². The van der Waals surface area contributed by atoms with Crippen LogP contribution in [0.15, 0.2) is 53.6 Å². The Hall–Kier alpha value is -3.88. The van der Waals surface area contributed by atoms with Crippen LogP contribution in [0.4, 0.5) is 5.69 Å². The molecule has 0 aromatic heterocycles. The first-order valence-corrected chi connectivity index (χ1v) is 7.49. The average Bonchev–Trinajstić information content (AvgIpc) is 2.87. The highest BCUT2D eigenvalue weighted by Crippen LogP contribution is 2.21. The molecule has 1 aliphatic heterocycles. The molecule has 0 unspecified atom stereocenters. The SMILES string of the molecule is O=C(CN1C(=O)c2ccccc2C1=O)N/N=C/c1cccc([N+](=O)[O-])c1. The third-order valence-corrected chi connectivity index (χ3v) is 3.66. The summed E-state index contributed by atoms with van der Waals surface area (Å²) in [7, 11) is 0. The molecule has 0 spiro atoms. The summed E-state index contributed by atoms with van der Waals surface area (Å²) in [6.07, 6.45) is 1.23. The van der Waals surface area contributed by atoms with Crippen molar-refractivity contribution < 1.29 is 19.3 Å². The van der Waals surface area contributed by atoms with Gasteiger partial charge in [0.1, 0.15) is 6.54 Å². The molecule has 0 radical (unpaired) electrons. The molecule has 1 heterocycles. The Balaban J connectivity index is 1.62. The Bertz CT molecular complexity index is 919. The van der Waals surface area contributed by atoms with E-state index in [1.165, 1.54) is 36.5 Å². The smallest absolute Gasteiger partial charge is 0.270 e. The predicted molar refractivity (Wildman–Crippen MR) is 90.6 cm³/mol. The van der Waals surface area contributed by atoms with Gasteiger partial charge in [-0.3, -0.25) is 29.4 Å². The zero-order chi connectivity index (χ0) is 18.7. The molecule has 9 heteroatoms. The highest BCUT2D eigenvalue weighted by atomic mass is 16.6. The van der Waals surface area contributed by atoms with E-state index in [1.54, 1.807) is 18.2 Å². The average molecular weight is 352 g/mol. The van der Waals surface area contributed by atoms with Crippen LogP contribution in [0.3, 0.4) is 0 Å². The van der Waals surface area contributed by atoms with Crippen LogP contribution < -0.4 is 5.43 Å². The van der Waals surface area contributed by atoms with E-state index in [4.69, 9.17) is 0 Å². The Morgan fingerprint density at radius 2 is 1.77 bits per heavy atom. The van der Waals surface area contributed by atoms with E-state index < -0.39 is 29.2 Å². The van der Waals surface area contributed by atoms with Gasteiger partial charge in [0, 0.05) is 17.7 Å². The largest absolute Gasteiger partial charge is 0.271 e. The van der Waals surface area contributed by atoms with Crippen molar-refractivity contribution in [2.75, 3.05) is 6.54 Å². The monoisotopic (exact) mass is 352 g/mol. The van der Waals surface area contributed by atoms with E-state index in [0.29, 0.717) is 5.56 Å². The molecule has 0 fully saturated rings. The van der Waals surface area contributed by atoms with Crippen molar-refractivity contribution in [3.05, 3.63) is 75.3 Å². The highest BCUT2D eigenvalue weighted by Gasteiger charge is 2.36. The fourth-order valence-corrected chi connectivity index (χ4v) is 2.46. The third kappa shape index (κ3) is 3.31. The number of carbonyl (C=O) groups is 3. The number of nitrogens with zero attached hydrogens (tertiary/aromatic N) is 3. The fraction of sp³-hybridized carbons (Fsp3) is 0.0588. The minimum atomic E-state index is -0.666. The fourth-order valence-electron chi connectivity index (χ4n) is 2.46. The number of benzene rings is 2. The molecular formula is C17H12N4O5. The zero-order valence-electron chi connectivity index (χ0n) is 13.3. The Morgan fingerprint density at radius 3 is 2.38 bits per heavy atom. The second kappa shape index (κ2) is 6.93. The summed E-state index contributed by atoms with van der Waals surface area (Å²) in [5.41, 5.74) is 3.01. The maximum atomic E-state index is 12.2. The molecule has 0 saturated heterocycles. The molecule has 130 valence electrons. The van der Waals surface area contributed by atoms with Crippen molar-refractivity contribution >= 4 is 29.6 Å². The minimum Gasteiger partial charge on any atom is -0.271 e. The molecule has 1 N–H and O–H groups in total. The first-order chi connectivity index (χ1) is 12.5. The number of imide groups is 1. The quantitative estimate of drug-likeness (QED) is 0.377. The van der Waals surface area contributed by atoms with Crippen molar-refractivity contribution in [3.63, 3.8) is 0 Å². The van der Waals surface area contributed by atoms with Crippen LogP contribution in [-0.2, 0) is 4.79 Å². The number of carbonyl (C=O) groups excluding carboxylic acids is 3. The zero-order valence-corrected chi connectivity index (χ0v) is 13.3. The lowest BCUT2D eigenvalue weighted by Crippen LogP contribution is -2.38. The molecule has 0 saturated carbocycles. The molecule has 26 heavy (non-hydrogen) atoms. The van der Waals surface area contributed by atoms with E-state index in [1.807, 2.05) is 0 Å². The van der Waals surface area contributed by atoms with E-state index in [-0.39, 0.29) is 16.8 Å². The van der Waals surface area contributed by atoms with Gasteiger partial charge in [-0.1, -0.05) is 24.3 Å². The van der Waals surface area contributed by atoms with E-state index in [9.17, 15) is 24.5 Å². The van der Waals surface area contributed by atoms with Crippen LogP contribution in [0.1, 0.15) is 26.3 Å². The van der Waals surface area contributed by atoms with Crippen LogP contribution in [0.2, 0.25) is 0 Å². The number of nitrogens with one attached hydrogen (secondary N) is 1. The van der Waals surface area contributed by atoms with Crippen LogP contribution in [0.25, 0.3) is 0 Å². The van der Waals surface area contributed by atoms with Crippen molar-refractivity contribution in [1.82, 2.24) is 10.3 Å². The van der Waals surface area contributed by atoms with Gasteiger partial charge in [-0.2, -0.15) is 5.10 Å². The first kappa shape index (κ1) is 17.0. The predicted octanol–water partition coefficient (Wildman–Crippen LogP) is 1.34. The van der Waals surface area contributed by atoms with E-state index in [0.717, 1.165) is 4.90 Å². The lowest BCUT2D eigenvalue weighted by atomic mass is 10.1. The lowest BCUT2D eigenvalue weighted by molar-refractivity contribution is -0.384. The van der Waals surface area contributed by atoms with Crippen molar-refractivity contribution in [2.45, 2.75) is 0 Å². The van der Waals surface area contributed by atoms with Gasteiger partial charge < -0.3 is 0 Å². The summed E-state index contributed by atoms with van der Waals surface area (Å²) in [6.45, 7) is -0.474. The van der Waals surface area contributed by atoms with Gasteiger partial charge in [0.05, 0.1) is 22.3 Å². The Morgan fingerprint density at radius 1 is 1.12 bits per heavy atom. The molecular weight excluding hydrogens is 340 g/mol. The van der Waals surface area contributed by atoms with Crippen LogP contribution >= 0.6 is 0 Å². The summed E-state index contributed by atoms with van der Waals surface area (Å²) in [4.78, 5) is 47.2. The number of hydrogen-bond donors (Lipinski definition) is 1. The number of nitro groups is 1. The molecule has 3 amide bonds. The Labute approximate surface area is 147 Å². The van der Waals surface area contributed by atoms with Crippen LogP contribution in [0, 0.1) is 10.1 Å². The number of non-ortho nitro benzene ring substituents is 1. The van der Waals surface area contributed by atoms with Gasteiger partial charge in [0.25, 0.3) is 23.4 Å². The summed E-state index contributed by atoms with van der Waals surface area (Å²) in [5.74, 6) is -1.74. The van der Waals surface area contributed by atoms with Crippen molar-refractivity contribution in [3.8, 4) is 0 Å². The number of amides is 3. The summed E-state index contributed by atoms with van der Waals surface area (Å²) >= 11 is 0. The molecule has 3 rings (SSSR count). The standard InChI is InChI=1S/C17H12N4O5/c22-15(19-18-9-11-4-3-5-12(8-11)21(25)26)10-20-16(23)13-6-1-2-7-14(13)17(20)24/h1-9H,10H2,(H,19,22)/b18-9+. The van der Waals surface area contributed by atoms with Gasteiger partial charge in [-0.05, 0) is 12.1 Å². The second-order valence-corrected chi connectivity index (χ2v) is 5.39. The van der Waals surface area contributed by atoms with Crippen molar-refractivity contribution in [2.24, 2.45) is 5.10 Å². The van der Waals surface area contributed by atoms with Gasteiger partial charge in [0.2, 0.25) is 0 Å². The minimum absolute atomic E-state index is 0.105. The summed E-state index contributed by atoms with van der Waals surface area (Å²) in [6, 6.07) is 12.0. The molecule has 2 aromatic rings. The maximum Gasteiger partial charge on any atom is 0.270 e. The maximum absolute atomic E-state index is 12.2. The van der Waals surface area contributed by atoms with E-state index >= 15 is 0 Å². The molecule has 0 atom stereocenters. The Kier molecular flexibility index (Phi) is 4.52. The number of fused-ring (bicyclic) bond motifs is 1. The van der Waals surface area contributed by atoms with Gasteiger partial charge >= 0.3 is 0 Å². The first-order valence-electron chi connectivity index (χ1n) is 7.49.